The van der Waals surface area contributed by atoms with Crippen LogP contribution < -0.4 is 5.32 Å². The van der Waals surface area contributed by atoms with Crippen molar-refractivity contribution in [3.05, 3.63) is 0 Å². The van der Waals surface area contributed by atoms with Crippen LogP contribution in [0.2, 0.25) is 0 Å². The highest BCUT2D eigenvalue weighted by Crippen LogP contribution is 2.22. The zero-order valence-electron chi connectivity index (χ0n) is 13.7. The molecule has 0 amide bonds. The summed E-state index contributed by atoms with van der Waals surface area (Å²) in [6.07, 6.45) is 5.49. The van der Waals surface area contributed by atoms with Gasteiger partial charge in [0.2, 0.25) is 0 Å². The van der Waals surface area contributed by atoms with Crippen molar-refractivity contribution in [2.75, 3.05) is 33.3 Å². The van der Waals surface area contributed by atoms with Crippen molar-refractivity contribution in [3.8, 4) is 0 Å². The molecular formula is C16H34N2O. The Morgan fingerprint density at radius 1 is 1.32 bits per heavy atom. The fourth-order valence-electron chi connectivity index (χ4n) is 2.83. The molecule has 1 aliphatic rings. The van der Waals surface area contributed by atoms with Crippen molar-refractivity contribution in [1.82, 2.24) is 10.2 Å². The Morgan fingerprint density at radius 2 is 2.05 bits per heavy atom. The van der Waals surface area contributed by atoms with E-state index < -0.39 is 0 Å². The lowest BCUT2D eigenvalue weighted by atomic mass is 9.84. The summed E-state index contributed by atoms with van der Waals surface area (Å²) in [7, 11) is 2.23. The third-order valence-electron chi connectivity index (χ3n) is 4.08. The molecule has 0 aromatic rings. The minimum absolute atomic E-state index is 0.332. The molecule has 0 aromatic carbocycles. The highest BCUT2D eigenvalue weighted by atomic mass is 16.5. The molecule has 1 rings (SSSR count). The molecular weight excluding hydrogens is 236 g/mol. The lowest BCUT2D eigenvalue weighted by Crippen LogP contribution is -2.43. The van der Waals surface area contributed by atoms with Crippen molar-refractivity contribution < 1.29 is 4.74 Å². The molecule has 1 N–H and O–H groups in total. The summed E-state index contributed by atoms with van der Waals surface area (Å²) in [5.41, 5.74) is 0.332. The van der Waals surface area contributed by atoms with Crippen LogP contribution >= 0.6 is 0 Å². The van der Waals surface area contributed by atoms with Gasteiger partial charge in [-0.2, -0.15) is 0 Å². The Bertz CT molecular complexity index is 231. The van der Waals surface area contributed by atoms with Gasteiger partial charge < -0.3 is 15.0 Å². The van der Waals surface area contributed by atoms with E-state index in [9.17, 15) is 0 Å². The van der Waals surface area contributed by atoms with Crippen molar-refractivity contribution in [2.45, 2.75) is 65.5 Å². The monoisotopic (exact) mass is 270 g/mol. The van der Waals surface area contributed by atoms with Gasteiger partial charge in [-0.25, -0.2) is 0 Å². The van der Waals surface area contributed by atoms with Crippen LogP contribution in [-0.4, -0.2) is 50.3 Å². The number of hydrogen-bond donors (Lipinski definition) is 1. The number of ether oxygens (including phenoxy) is 1. The van der Waals surface area contributed by atoms with E-state index in [2.05, 4.69) is 45.0 Å². The first kappa shape index (κ1) is 16.9. The van der Waals surface area contributed by atoms with E-state index in [0.29, 0.717) is 17.6 Å². The van der Waals surface area contributed by atoms with Gasteiger partial charge in [-0.05, 0) is 51.2 Å². The maximum Gasteiger partial charge on any atom is 0.0701 e. The average Bonchev–Trinajstić information content (AvgIpc) is 2.34. The van der Waals surface area contributed by atoms with E-state index >= 15 is 0 Å². The largest absolute Gasteiger partial charge is 0.377 e. The fourth-order valence-corrected chi connectivity index (χ4v) is 2.83. The normalized spacial score (nSPS) is 22.7. The molecule has 1 heterocycles. The Balaban J connectivity index is 2.28. The summed E-state index contributed by atoms with van der Waals surface area (Å²) in [6.45, 7) is 13.4. The van der Waals surface area contributed by atoms with E-state index in [0.717, 1.165) is 26.2 Å². The molecule has 2 unspecified atom stereocenters. The molecule has 0 radical (unpaired) electrons. The van der Waals surface area contributed by atoms with Gasteiger partial charge in [0, 0.05) is 19.2 Å². The minimum Gasteiger partial charge on any atom is -0.377 e. The van der Waals surface area contributed by atoms with E-state index in [4.69, 9.17) is 4.74 Å². The Kier molecular flexibility index (Phi) is 7.33. The number of nitrogens with one attached hydrogen (secondary N) is 1. The third-order valence-corrected chi connectivity index (χ3v) is 4.08. The van der Waals surface area contributed by atoms with Crippen molar-refractivity contribution in [3.63, 3.8) is 0 Å². The van der Waals surface area contributed by atoms with Crippen LogP contribution in [-0.2, 0) is 4.74 Å². The zero-order chi connectivity index (χ0) is 14.3. The summed E-state index contributed by atoms with van der Waals surface area (Å²) >= 11 is 0. The number of likely N-dealkylation sites (N-methyl/N-ethyl adjacent to an activating group) is 1. The second kappa shape index (κ2) is 8.23. The highest BCUT2D eigenvalue weighted by Gasteiger charge is 2.24. The lowest BCUT2D eigenvalue weighted by Gasteiger charge is -2.34. The van der Waals surface area contributed by atoms with Gasteiger partial charge in [-0.15, -0.1) is 0 Å². The van der Waals surface area contributed by atoms with E-state index in [-0.39, 0.29) is 0 Å². The second-order valence-corrected chi connectivity index (χ2v) is 7.02. The average molecular weight is 270 g/mol. The summed E-state index contributed by atoms with van der Waals surface area (Å²) in [4.78, 5) is 2.44. The van der Waals surface area contributed by atoms with Crippen LogP contribution in [0, 0.1) is 5.41 Å². The highest BCUT2D eigenvalue weighted by molar-refractivity contribution is 4.81. The summed E-state index contributed by atoms with van der Waals surface area (Å²) in [5, 5.41) is 3.62. The van der Waals surface area contributed by atoms with Crippen molar-refractivity contribution >= 4 is 0 Å². The van der Waals surface area contributed by atoms with Crippen LogP contribution in [0.4, 0.5) is 0 Å². The van der Waals surface area contributed by atoms with Crippen molar-refractivity contribution in [2.24, 2.45) is 5.41 Å². The fraction of sp³-hybridized carbons (Fsp3) is 1.00. The number of rotatable bonds is 7. The molecule has 0 aromatic heterocycles. The van der Waals surface area contributed by atoms with E-state index in [1.807, 2.05) is 0 Å². The molecule has 1 saturated heterocycles. The molecule has 0 aliphatic carbocycles. The second-order valence-electron chi connectivity index (χ2n) is 7.02. The van der Waals surface area contributed by atoms with Gasteiger partial charge in [0.25, 0.3) is 0 Å². The van der Waals surface area contributed by atoms with Crippen LogP contribution in [0.1, 0.15) is 53.4 Å². The predicted octanol–water partition coefficient (Wildman–Crippen LogP) is 2.90. The maximum absolute atomic E-state index is 5.81. The van der Waals surface area contributed by atoms with Crippen LogP contribution in [0.15, 0.2) is 0 Å². The minimum atomic E-state index is 0.332. The van der Waals surface area contributed by atoms with Gasteiger partial charge in [0.05, 0.1) is 6.10 Å². The lowest BCUT2D eigenvalue weighted by molar-refractivity contribution is -0.00231. The van der Waals surface area contributed by atoms with Crippen LogP contribution in [0.3, 0.4) is 0 Å². The predicted molar refractivity (Wildman–Crippen MR) is 82.6 cm³/mol. The van der Waals surface area contributed by atoms with Crippen LogP contribution in [0.5, 0.6) is 0 Å². The van der Waals surface area contributed by atoms with Gasteiger partial charge in [0.1, 0.15) is 0 Å². The van der Waals surface area contributed by atoms with Gasteiger partial charge >= 0.3 is 0 Å². The molecule has 3 heteroatoms. The van der Waals surface area contributed by atoms with Crippen LogP contribution in [0.25, 0.3) is 0 Å². The Hall–Kier alpha value is -0.120. The standard InChI is InChI=1S/C16H34N2O/c1-6-17-15(16(2,3)4)10-11-18(5)13-14-9-7-8-12-19-14/h14-15,17H,6-13H2,1-5H3. The molecule has 1 fully saturated rings. The van der Waals surface area contributed by atoms with E-state index in [1.54, 1.807) is 0 Å². The summed E-state index contributed by atoms with van der Waals surface area (Å²) in [6, 6.07) is 0.590. The van der Waals surface area contributed by atoms with Gasteiger partial charge in [-0.3, -0.25) is 0 Å². The maximum atomic E-state index is 5.81. The van der Waals surface area contributed by atoms with Crippen molar-refractivity contribution in [1.29, 1.82) is 0 Å². The quantitative estimate of drug-likeness (QED) is 0.770. The Morgan fingerprint density at radius 3 is 2.58 bits per heavy atom. The first-order valence-corrected chi connectivity index (χ1v) is 7.97. The number of nitrogens with zero attached hydrogens (tertiary/aromatic N) is 1. The molecule has 1 aliphatic heterocycles. The molecule has 0 saturated carbocycles. The molecule has 0 bridgehead atoms. The molecule has 0 spiro atoms. The zero-order valence-corrected chi connectivity index (χ0v) is 13.7. The number of hydrogen-bond acceptors (Lipinski definition) is 3. The first-order valence-electron chi connectivity index (χ1n) is 7.97. The molecule has 2 atom stereocenters. The van der Waals surface area contributed by atoms with Gasteiger partial charge in [0.15, 0.2) is 0 Å². The first-order chi connectivity index (χ1) is 8.93. The SMILES string of the molecule is CCNC(CCN(C)CC1CCCCO1)C(C)(C)C. The van der Waals surface area contributed by atoms with Gasteiger partial charge in [-0.1, -0.05) is 27.7 Å². The molecule has 19 heavy (non-hydrogen) atoms. The molecule has 3 nitrogen and oxygen atoms in total. The summed E-state index contributed by atoms with van der Waals surface area (Å²) < 4.78 is 5.81. The van der Waals surface area contributed by atoms with E-state index in [1.165, 1.54) is 25.7 Å². The summed E-state index contributed by atoms with van der Waals surface area (Å²) in [5.74, 6) is 0. The topological polar surface area (TPSA) is 24.5 Å². The smallest absolute Gasteiger partial charge is 0.0701 e. The Labute approximate surface area is 120 Å². The molecule has 114 valence electrons. The third kappa shape index (κ3) is 6.73.